The lowest BCUT2D eigenvalue weighted by Crippen LogP contribution is -2.34. The van der Waals surface area contributed by atoms with Gasteiger partial charge in [0.25, 0.3) is 5.92 Å². The zero-order valence-corrected chi connectivity index (χ0v) is 12.0. The number of halogens is 5. The van der Waals surface area contributed by atoms with E-state index < -0.39 is 35.9 Å². The van der Waals surface area contributed by atoms with E-state index in [1.807, 2.05) is 0 Å². The molecule has 0 saturated heterocycles. The van der Waals surface area contributed by atoms with Gasteiger partial charge in [-0.1, -0.05) is 6.92 Å². The van der Waals surface area contributed by atoms with Crippen molar-refractivity contribution in [3.63, 3.8) is 0 Å². The molecule has 1 aromatic rings. The number of aliphatic hydroxyl groups is 1. The molecule has 0 aliphatic heterocycles. The summed E-state index contributed by atoms with van der Waals surface area (Å²) in [7, 11) is 0. The van der Waals surface area contributed by atoms with Crippen LogP contribution in [0.5, 0.6) is 0 Å². The van der Waals surface area contributed by atoms with E-state index in [-0.39, 0.29) is 18.0 Å². The molecule has 0 spiro atoms. The molecule has 1 atom stereocenters. The molecular weight excluding hydrogens is 307 g/mol. The minimum absolute atomic E-state index is 0.102. The quantitative estimate of drug-likeness (QED) is 0.845. The summed E-state index contributed by atoms with van der Waals surface area (Å²) >= 11 is 0. The van der Waals surface area contributed by atoms with E-state index >= 15 is 0 Å². The number of rotatable bonds is 2. The summed E-state index contributed by atoms with van der Waals surface area (Å²) in [4.78, 5) is 0. The number of nitrogens with zero attached hydrogens (tertiary/aromatic N) is 2. The Morgan fingerprint density at radius 3 is 2.50 bits per heavy atom. The average molecular weight is 324 g/mol. The van der Waals surface area contributed by atoms with Crippen LogP contribution in [0.15, 0.2) is 0 Å². The van der Waals surface area contributed by atoms with Gasteiger partial charge in [0.15, 0.2) is 5.69 Å². The molecule has 0 radical (unpaired) electrons. The number of aliphatic hydroxyl groups excluding tert-OH is 1. The molecule has 22 heavy (non-hydrogen) atoms. The predicted molar refractivity (Wildman–Crippen MR) is 67.3 cm³/mol. The van der Waals surface area contributed by atoms with Crippen LogP contribution in [0.1, 0.15) is 49.2 Å². The lowest BCUT2D eigenvalue weighted by atomic mass is 9.76. The van der Waals surface area contributed by atoms with E-state index in [0.29, 0.717) is 12.5 Å². The first-order valence-electron chi connectivity index (χ1n) is 7.32. The van der Waals surface area contributed by atoms with Gasteiger partial charge in [-0.3, -0.25) is 4.68 Å². The summed E-state index contributed by atoms with van der Waals surface area (Å²) in [5, 5.41) is 13.2. The van der Waals surface area contributed by atoms with Crippen LogP contribution >= 0.6 is 0 Å². The molecule has 1 aromatic heterocycles. The van der Waals surface area contributed by atoms with Crippen LogP contribution in [0.2, 0.25) is 0 Å². The fraction of sp³-hybridized carbons (Fsp3) is 0.786. The molecule has 1 heterocycles. The van der Waals surface area contributed by atoms with E-state index in [0.717, 1.165) is 12.8 Å². The van der Waals surface area contributed by atoms with Gasteiger partial charge in [-0.05, 0) is 31.1 Å². The smallest absolute Gasteiger partial charge is 0.382 e. The van der Waals surface area contributed by atoms with Crippen molar-refractivity contribution in [3.05, 3.63) is 17.0 Å². The van der Waals surface area contributed by atoms with Crippen molar-refractivity contribution in [2.75, 3.05) is 0 Å². The Morgan fingerprint density at radius 1 is 1.32 bits per heavy atom. The minimum atomic E-state index is -4.85. The lowest BCUT2D eigenvalue weighted by Gasteiger charge is -2.33. The van der Waals surface area contributed by atoms with Crippen molar-refractivity contribution < 1.29 is 27.1 Å². The van der Waals surface area contributed by atoms with Gasteiger partial charge in [0.05, 0.1) is 0 Å². The minimum Gasteiger partial charge on any atom is -0.382 e. The summed E-state index contributed by atoms with van der Waals surface area (Å²) in [6.45, 7) is 2.35. The maximum Gasteiger partial charge on any atom is 0.435 e. The van der Waals surface area contributed by atoms with Crippen molar-refractivity contribution in [1.29, 1.82) is 0 Å². The van der Waals surface area contributed by atoms with E-state index in [1.54, 1.807) is 0 Å². The molecular formula is C14H17F5N2O. The van der Waals surface area contributed by atoms with E-state index in [1.165, 1.54) is 4.68 Å². The van der Waals surface area contributed by atoms with E-state index in [2.05, 4.69) is 12.0 Å². The van der Waals surface area contributed by atoms with Crippen molar-refractivity contribution in [1.82, 2.24) is 9.78 Å². The number of hydrogen-bond acceptors (Lipinski definition) is 2. The largest absolute Gasteiger partial charge is 0.435 e. The summed E-state index contributed by atoms with van der Waals surface area (Å²) < 4.78 is 67.6. The second kappa shape index (κ2) is 4.91. The van der Waals surface area contributed by atoms with Crippen molar-refractivity contribution in [2.24, 2.45) is 11.8 Å². The van der Waals surface area contributed by atoms with E-state index in [9.17, 15) is 27.1 Å². The van der Waals surface area contributed by atoms with Crippen LogP contribution in [-0.4, -0.2) is 20.8 Å². The molecule has 0 bridgehead atoms. The van der Waals surface area contributed by atoms with Crippen LogP contribution in [0, 0.1) is 11.8 Å². The van der Waals surface area contributed by atoms with Gasteiger partial charge < -0.3 is 5.11 Å². The van der Waals surface area contributed by atoms with Gasteiger partial charge in [-0.15, -0.1) is 0 Å². The molecule has 1 unspecified atom stereocenters. The second-order valence-electron chi connectivity index (χ2n) is 6.50. The maximum absolute atomic E-state index is 13.6. The van der Waals surface area contributed by atoms with Gasteiger partial charge in [-0.25, -0.2) is 8.78 Å². The second-order valence-corrected chi connectivity index (χ2v) is 6.50. The first kappa shape index (κ1) is 15.7. The summed E-state index contributed by atoms with van der Waals surface area (Å²) in [5.41, 5.74) is -2.01. The molecule has 2 aliphatic rings. The highest BCUT2D eigenvalue weighted by atomic mass is 19.4. The number of aromatic nitrogens is 2. The normalized spacial score (nSPS) is 30.8. The molecule has 3 nitrogen and oxygen atoms in total. The Labute approximate surface area is 124 Å². The van der Waals surface area contributed by atoms with Gasteiger partial charge in [-0.2, -0.15) is 18.3 Å². The Hall–Kier alpha value is -1.18. The highest BCUT2D eigenvalue weighted by molar-refractivity contribution is 5.35. The third-order valence-electron chi connectivity index (χ3n) is 4.64. The van der Waals surface area contributed by atoms with Crippen molar-refractivity contribution in [2.45, 2.75) is 57.4 Å². The zero-order valence-electron chi connectivity index (χ0n) is 12.0. The Bertz CT molecular complexity index is 575. The van der Waals surface area contributed by atoms with Crippen molar-refractivity contribution >= 4 is 0 Å². The van der Waals surface area contributed by atoms with Gasteiger partial charge in [0, 0.05) is 24.2 Å². The maximum atomic E-state index is 13.6. The third kappa shape index (κ3) is 2.51. The fourth-order valence-electron chi connectivity index (χ4n) is 3.52. The molecule has 1 fully saturated rings. The summed E-state index contributed by atoms with van der Waals surface area (Å²) in [6.07, 6.45) is -6.36. The number of hydrogen-bond donors (Lipinski definition) is 1. The third-order valence-corrected chi connectivity index (χ3v) is 4.64. The molecule has 1 saturated carbocycles. The highest BCUT2D eigenvalue weighted by Gasteiger charge is 2.51. The standard InChI is InChI=1S/C14H17F5N2O/c1-7-4-8(5-7)6-21-9-2-3-13(15,16)12(22)10(9)11(20-21)14(17,18)19/h7-8,12,22H,2-6H2,1H3/t7-,8-,12?. The monoisotopic (exact) mass is 324 g/mol. The Balaban J connectivity index is 1.99. The number of alkyl halides is 5. The van der Waals surface area contributed by atoms with Crippen LogP contribution in [0.4, 0.5) is 22.0 Å². The first-order valence-corrected chi connectivity index (χ1v) is 7.32. The highest BCUT2D eigenvalue weighted by Crippen LogP contribution is 2.47. The lowest BCUT2D eigenvalue weighted by molar-refractivity contribution is -0.150. The van der Waals surface area contributed by atoms with Gasteiger partial charge >= 0.3 is 6.18 Å². The van der Waals surface area contributed by atoms with E-state index in [4.69, 9.17) is 0 Å². The summed E-state index contributed by atoms with van der Waals surface area (Å²) in [6, 6.07) is 0. The predicted octanol–water partition coefficient (Wildman–Crippen LogP) is 3.56. The fourth-order valence-corrected chi connectivity index (χ4v) is 3.52. The Kier molecular flexibility index (Phi) is 3.50. The topological polar surface area (TPSA) is 38.0 Å². The van der Waals surface area contributed by atoms with Gasteiger partial charge in [0.2, 0.25) is 0 Å². The van der Waals surface area contributed by atoms with Crippen molar-refractivity contribution in [3.8, 4) is 0 Å². The van der Waals surface area contributed by atoms with Crippen LogP contribution in [-0.2, 0) is 19.1 Å². The molecule has 3 rings (SSSR count). The SMILES string of the molecule is C[C@H]1C[C@H](Cn2nc(C(F)(F)F)c3c2CCC(F)(F)C3O)C1. The molecule has 8 heteroatoms. The molecule has 0 amide bonds. The number of fused-ring (bicyclic) bond motifs is 1. The zero-order chi connectivity index (χ0) is 16.3. The van der Waals surface area contributed by atoms with Crippen LogP contribution in [0.3, 0.4) is 0 Å². The van der Waals surface area contributed by atoms with Gasteiger partial charge in [0.1, 0.15) is 6.10 Å². The average Bonchev–Trinajstić information content (AvgIpc) is 2.71. The Morgan fingerprint density at radius 2 is 1.95 bits per heavy atom. The molecule has 1 N–H and O–H groups in total. The molecule has 124 valence electrons. The van der Waals surface area contributed by atoms with Crippen LogP contribution in [0.25, 0.3) is 0 Å². The summed E-state index contributed by atoms with van der Waals surface area (Å²) in [5.74, 6) is -2.79. The van der Waals surface area contributed by atoms with Crippen LogP contribution < -0.4 is 0 Å². The molecule has 0 aromatic carbocycles. The first-order chi connectivity index (χ1) is 10.1. The molecule has 2 aliphatic carbocycles.